The monoisotopic (exact) mass is 254 g/mol. The van der Waals surface area contributed by atoms with Gasteiger partial charge in [-0.2, -0.15) is 0 Å². The highest BCUT2D eigenvalue weighted by Crippen LogP contribution is 2.32. The number of aliphatic hydroxyl groups excluding tert-OH is 1. The molecule has 0 spiro atoms. The van der Waals surface area contributed by atoms with Crippen molar-refractivity contribution in [3.8, 4) is 0 Å². The van der Waals surface area contributed by atoms with Crippen LogP contribution in [0, 0.1) is 5.92 Å². The van der Waals surface area contributed by atoms with Gasteiger partial charge >= 0.3 is 0 Å². The number of hydrogen-bond donors (Lipinski definition) is 1. The molecule has 2 atom stereocenters. The van der Waals surface area contributed by atoms with E-state index in [4.69, 9.17) is 9.72 Å². The number of rotatable bonds is 1. The van der Waals surface area contributed by atoms with E-state index in [1.165, 1.54) is 10.6 Å². The molecular formula is C12H18N2O2S. The topological polar surface area (TPSA) is 45.6 Å². The van der Waals surface area contributed by atoms with E-state index < -0.39 is 0 Å². The lowest BCUT2D eigenvalue weighted by Crippen LogP contribution is -2.41. The van der Waals surface area contributed by atoms with Gasteiger partial charge in [0.05, 0.1) is 29.9 Å². The molecule has 0 aliphatic carbocycles. The number of fused-ring (bicyclic) bond motifs is 1. The van der Waals surface area contributed by atoms with Crippen molar-refractivity contribution in [2.45, 2.75) is 32.5 Å². The summed E-state index contributed by atoms with van der Waals surface area (Å²) in [6.45, 7) is 5.45. The predicted octanol–water partition coefficient (Wildman–Crippen LogP) is 1.42. The second kappa shape index (κ2) is 4.55. The fraction of sp³-hybridized carbons (Fsp3) is 0.750. The molecule has 1 aromatic rings. The molecule has 3 heterocycles. The Bertz CT molecular complexity index is 384. The van der Waals surface area contributed by atoms with Gasteiger partial charge in [0.2, 0.25) is 0 Å². The third kappa shape index (κ3) is 2.19. The van der Waals surface area contributed by atoms with Crippen LogP contribution in [0.4, 0.5) is 5.13 Å². The number of nitrogens with zero attached hydrogens (tertiary/aromatic N) is 2. The predicted molar refractivity (Wildman–Crippen MR) is 67.5 cm³/mol. The molecule has 2 aliphatic rings. The third-order valence-electron chi connectivity index (χ3n) is 3.61. The standard InChI is InChI=1S/C12H18N2O2S/c1-8-6-14(4-2-10(8)15)12-13-9-3-5-16-7-11(9)17-12/h8,10,15H,2-7H2,1H3. The highest BCUT2D eigenvalue weighted by Gasteiger charge is 2.27. The van der Waals surface area contributed by atoms with Crippen molar-refractivity contribution in [1.29, 1.82) is 0 Å². The van der Waals surface area contributed by atoms with Gasteiger partial charge in [-0.05, 0) is 12.3 Å². The average molecular weight is 254 g/mol. The smallest absolute Gasteiger partial charge is 0.185 e. The number of anilines is 1. The summed E-state index contributed by atoms with van der Waals surface area (Å²) in [5.74, 6) is 0.334. The van der Waals surface area contributed by atoms with Crippen LogP contribution in [0.25, 0.3) is 0 Å². The summed E-state index contributed by atoms with van der Waals surface area (Å²) in [5, 5.41) is 10.9. The van der Waals surface area contributed by atoms with Gasteiger partial charge in [-0.15, -0.1) is 0 Å². The SMILES string of the molecule is CC1CN(c2nc3c(s2)COCC3)CCC1O. The first-order valence-electron chi connectivity index (χ1n) is 6.23. The zero-order valence-corrected chi connectivity index (χ0v) is 10.9. The van der Waals surface area contributed by atoms with Gasteiger partial charge in [-0.3, -0.25) is 0 Å². The Morgan fingerprint density at radius 3 is 3.18 bits per heavy atom. The van der Waals surface area contributed by atoms with Gasteiger partial charge < -0.3 is 14.7 Å². The van der Waals surface area contributed by atoms with Crippen molar-refractivity contribution in [3.05, 3.63) is 10.6 Å². The minimum atomic E-state index is -0.149. The zero-order chi connectivity index (χ0) is 11.8. The lowest BCUT2D eigenvalue weighted by Gasteiger charge is -2.34. The molecule has 94 valence electrons. The Balaban J connectivity index is 1.78. The fourth-order valence-corrected chi connectivity index (χ4v) is 3.53. The van der Waals surface area contributed by atoms with E-state index in [0.717, 1.165) is 44.3 Å². The Kier molecular flexibility index (Phi) is 3.06. The molecule has 1 N–H and O–H groups in total. The summed E-state index contributed by atoms with van der Waals surface area (Å²) in [4.78, 5) is 8.31. The lowest BCUT2D eigenvalue weighted by atomic mass is 9.97. The van der Waals surface area contributed by atoms with Crippen LogP contribution in [0.1, 0.15) is 23.9 Å². The molecule has 2 aliphatic heterocycles. The van der Waals surface area contributed by atoms with E-state index in [1.54, 1.807) is 11.3 Å². The molecule has 0 aromatic carbocycles. The summed E-state index contributed by atoms with van der Waals surface area (Å²) in [5.41, 5.74) is 1.22. The zero-order valence-electron chi connectivity index (χ0n) is 10.1. The highest BCUT2D eigenvalue weighted by molar-refractivity contribution is 7.15. The van der Waals surface area contributed by atoms with Crippen molar-refractivity contribution in [3.63, 3.8) is 0 Å². The Morgan fingerprint density at radius 1 is 1.53 bits per heavy atom. The number of aliphatic hydroxyl groups is 1. The number of ether oxygens (including phenoxy) is 1. The normalized spacial score (nSPS) is 29.2. The van der Waals surface area contributed by atoms with E-state index in [9.17, 15) is 5.11 Å². The van der Waals surface area contributed by atoms with Crippen LogP contribution >= 0.6 is 11.3 Å². The van der Waals surface area contributed by atoms with Crippen LogP contribution in [-0.4, -0.2) is 35.9 Å². The summed E-state index contributed by atoms with van der Waals surface area (Å²) in [6.07, 6.45) is 1.64. The molecule has 1 fully saturated rings. The molecule has 0 bridgehead atoms. The van der Waals surface area contributed by atoms with Gasteiger partial charge in [0, 0.05) is 19.5 Å². The second-order valence-electron chi connectivity index (χ2n) is 4.95. The van der Waals surface area contributed by atoms with Crippen LogP contribution in [0.15, 0.2) is 0 Å². The molecule has 0 amide bonds. The maximum Gasteiger partial charge on any atom is 0.185 e. The van der Waals surface area contributed by atoms with Crippen molar-refractivity contribution in [2.24, 2.45) is 5.92 Å². The average Bonchev–Trinajstić information content (AvgIpc) is 2.76. The van der Waals surface area contributed by atoms with Crippen molar-refractivity contribution >= 4 is 16.5 Å². The van der Waals surface area contributed by atoms with Gasteiger partial charge in [-0.25, -0.2) is 4.98 Å². The van der Waals surface area contributed by atoms with E-state index in [0.29, 0.717) is 5.92 Å². The van der Waals surface area contributed by atoms with Gasteiger partial charge in [-0.1, -0.05) is 18.3 Å². The maximum atomic E-state index is 9.74. The first-order valence-corrected chi connectivity index (χ1v) is 7.05. The Morgan fingerprint density at radius 2 is 2.41 bits per heavy atom. The summed E-state index contributed by atoms with van der Waals surface area (Å²) in [6, 6.07) is 0. The Labute approximate surface area is 105 Å². The molecule has 0 saturated carbocycles. The quantitative estimate of drug-likeness (QED) is 0.823. The summed E-state index contributed by atoms with van der Waals surface area (Å²) >= 11 is 1.75. The van der Waals surface area contributed by atoms with Gasteiger partial charge in [0.1, 0.15) is 0 Å². The maximum absolute atomic E-state index is 9.74. The largest absolute Gasteiger partial charge is 0.393 e. The number of thiazole rings is 1. The Hall–Kier alpha value is -0.650. The van der Waals surface area contributed by atoms with Crippen molar-refractivity contribution < 1.29 is 9.84 Å². The first kappa shape index (κ1) is 11.4. The van der Waals surface area contributed by atoms with E-state index in [-0.39, 0.29) is 6.10 Å². The van der Waals surface area contributed by atoms with Gasteiger partial charge in [0.15, 0.2) is 5.13 Å². The number of hydrogen-bond acceptors (Lipinski definition) is 5. The highest BCUT2D eigenvalue weighted by atomic mass is 32.1. The lowest BCUT2D eigenvalue weighted by molar-refractivity contribution is 0.0970. The van der Waals surface area contributed by atoms with Crippen molar-refractivity contribution in [2.75, 3.05) is 24.6 Å². The van der Waals surface area contributed by atoms with Crippen LogP contribution in [0.2, 0.25) is 0 Å². The summed E-state index contributed by atoms with van der Waals surface area (Å²) in [7, 11) is 0. The van der Waals surface area contributed by atoms with Crippen LogP contribution < -0.4 is 4.90 Å². The van der Waals surface area contributed by atoms with Crippen LogP contribution in [0.5, 0.6) is 0 Å². The van der Waals surface area contributed by atoms with E-state index in [1.807, 2.05) is 0 Å². The molecule has 1 saturated heterocycles. The minimum Gasteiger partial charge on any atom is -0.393 e. The minimum absolute atomic E-state index is 0.149. The first-order chi connectivity index (χ1) is 8.24. The van der Waals surface area contributed by atoms with Crippen LogP contribution in [-0.2, 0) is 17.8 Å². The summed E-state index contributed by atoms with van der Waals surface area (Å²) < 4.78 is 5.45. The van der Waals surface area contributed by atoms with Crippen molar-refractivity contribution in [1.82, 2.24) is 4.98 Å². The van der Waals surface area contributed by atoms with E-state index in [2.05, 4.69) is 11.8 Å². The van der Waals surface area contributed by atoms with E-state index >= 15 is 0 Å². The second-order valence-corrected chi connectivity index (χ2v) is 6.01. The third-order valence-corrected chi connectivity index (χ3v) is 4.75. The molecule has 5 heteroatoms. The number of piperidine rings is 1. The molecular weight excluding hydrogens is 236 g/mol. The van der Waals surface area contributed by atoms with Gasteiger partial charge in [0.25, 0.3) is 0 Å². The van der Waals surface area contributed by atoms with Crippen LogP contribution in [0.3, 0.4) is 0 Å². The number of aromatic nitrogens is 1. The molecule has 4 nitrogen and oxygen atoms in total. The molecule has 3 rings (SSSR count). The molecule has 0 radical (unpaired) electrons. The molecule has 17 heavy (non-hydrogen) atoms. The fourth-order valence-electron chi connectivity index (χ4n) is 2.45. The molecule has 2 unspecified atom stereocenters. The molecule has 1 aromatic heterocycles.